The first kappa shape index (κ1) is 19.1. The van der Waals surface area contributed by atoms with Crippen LogP contribution in [0.3, 0.4) is 0 Å². The molecule has 7 heteroatoms. The van der Waals surface area contributed by atoms with Crippen LogP contribution in [0.4, 0.5) is 10.1 Å². The number of rotatable bonds is 6. The van der Waals surface area contributed by atoms with E-state index in [-0.39, 0.29) is 30.6 Å². The molecule has 0 unspecified atom stereocenters. The van der Waals surface area contributed by atoms with Crippen LogP contribution in [0.2, 0.25) is 0 Å². The van der Waals surface area contributed by atoms with Crippen molar-refractivity contribution in [2.75, 3.05) is 23.1 Å². The summed E-state index contributed by atoms with van der Waals surface area (Å²) in [6, 6.07) is 12.8. The third-order valence-corrected chi connectivity index (χ3v) is 6.31. The van der Waals surface area contributed by atoms with Crippen molar-refractivity contribution in [1.29, 1.82) is 0 Å². The number of hydrogen-bond acceptors (Lipinski definition) is 3. The van der Waals surface area contributed by atoms with Crippen molar-refractivity contribution in [3.8, 4) is 0 Å². The van der Waals surface area contributed by atoms with Crippen LogP contribution in [-0.4, -0.2) is 38.1 Å². The summed E-state index contributed by atoms with van der Waals surface area (Å²) in [5, 5.41) is 0. The molecule has 0 saturated carbocycles. The van der Waals surface area contributed by atoms with Crippen molar-refractivity contribution in [2.45, 2.75) is 13.0 Å². The van der Waals surface area contributed by atoms with Gasteiger partial charge in [0.05, 0.1) is 11.4 Å². The topological polar surface area (TPSA) is 57.7 Å². The van der Waals surface area contributed by atoms with Crippen LogP contribution in [0.15, 0.2) is 61.2 Å². The molecule has 1 aliphatic rings. The number of carbonyl (C=O) groups excluding carboxylic acids is 1. The Kier molecular flexibility index (Phi) is 5.60. The Morgan fingerprint density at radius 1 is 1.22 bits per heavy atom. The lowest BCUT2D eigenvalue weighted by Crippen LogP contribution is -2.31. The quantitative estimate of drug-likeness (QED) is 0.714. The Labute approximate surface area is 158 Å². The van der Waals surface area contributed by atoms with Crippen molar-refractivity contribution < 1.29 is 17.6 Å². The second-order valence-corrected chi connectivity index (χ2v) is 8.37. The molecule has 2 aromatic carbocycles. The smallest absolute Gasteiger partial charge is 0.254 e. The average molecular weight is 388 g/mol. The molecule has 0 radical (unpaired) electrons. The highest BCUT2D eigenvalue weighted by Crippen LogP contribution is 2.25. The standard InChI is InChI=1S/C20H21FN2O3S/c1-2-11-22(15-17-7-3-4-10-19(17)21)20(24)16-8-5-9-18(14-16)23-12-6-13-27(23,25)26/h2-5,7-10,14H,1,6,11-13,15H2. The van der Waals surface area contributed by atoms with Gasteiger partial charge >= 0.3 is 0 Å². The maximum absolute atomic E-state index is 14.0. The third kappa shape index (κ3) is 4.19. The Morgan fingerprint density at radius 2 is 2.00 bits per heavy atom. The largest absolute Gasteiger partial charge is 0.330 e. The van der Waals surface area contributed by atoms with E-state index in [0.29, 0.717) is 29.8 Å². The molecule has 27 heavy (non-hydrogen) atoms. The van der Waals surface area contributed by atoms with E-state index in [2.05, 4.69) is 6.58 Å². The number of amides is 1. The number of sulfonamides is 1. The maximum Gasteiger partial charge on any atom is 0.254 e. The summed E-state index contributed by atoms with van der Waals surface area (Å²) in [4.78, 5) is 14.4. The molecular weight excluding hydrogens is 367 g/mol. The van der Waals surface area contributed by atoms with E-state index >= 15 is 0 Å². The second-order valence-electron chi connectivity index (χ2n) is 6.36. The van der Waals surface area contributed by atoms with Gasteiger partial charge in [-0.2, -0.15) is 0 Å². The molecule has 0 atom stereocenters. The number of benzene rings is 2. The van der Waals surface area contributed by atoms with Crippen LogP contribution < -0.4 is 4.31 Å². The number of carbonyl (C=O) groups is 1. The zero-order chi connectivity index (χ0) is 19.4. The highest BCUT2D eigenvalue weighted by atomic mass is 32.2. The molecule has 1 amide bonds. The van der Waals surface area contributed by atoms with Crippen molar-refractivity contribution in [1.82, 2.24) is 4.90 Å². The number of halogens is 1. The van der Waals surface area contributed by atoms with Gasteiger partial charge in [0.15, 0.2) is 0 Å². The van der Waals surface area contributed by atoms with E-state index in [1.54, 1.807) is 48.5 Å². The fourth-order valence-electron chi connectivity index (χ4n) is 3.11. The fraction of sp³-hybridized carbons (Fsp3) is 0.250. The van der Waals surface area contributed by atoms with Gasteiger partial charge in [-0.15, -0.1) is 6.58 Å². The first-order chi connectivity index (χ1) is 12.9. The highest BCUT2D eigenvalue weighted by Gasteiger charge is 2.29. The van der Waals surface area contributed by atoms with E-state index in [4.69, 9.17) is 0 Å². The molecule has 1 aliphatic heterocycles. The summed E-state index contributed by atoms with van der Waals surface area (Å²) >= 11 is 0. The SMILES string of the molecule is C=CCN(Cc1ccccc1F)C(=O)c1cccc(N2CCCS2(=O)=O)c1. The lowest BCUT2D eigenvalue weighted by molar-refractivity contribution is 0.0761. The van der Waals surface area contributed by atoms with Gasteiger partial charge in [0.1, 0.15) is 5.82 Å². The minimum absolute atomic E-state index is 0.101. The molecule has 142 valence electrons. The maximum atomic E-state index is 14.0. The van der Waals surface area contributed by atoms with Gasteiger partial charge < -0.3 is 4.90 Å². The molecule has 0 N–H and O–H groups in total. The molecule has 5 nitrogen and oxygen atoms in total. The van der Waals surface area contributed by atoms with E-state index < -0.39 is 10.0 Å². The van der Waals surface area contributed by atoms with Crippen LogP contribution in [0.5, 0.6) is 0 Å². The summed E-state index contributed by atoms with van der Waals surface area (Å²) in [5.74, 6) is -0.575. The Hall–Kier alpha value is -2.67. The Bertz CT molecular complexity index is 959. The van der Waals surface area contributed by atoms with Gasteiger partial charge in [-0.3, -0.25) is 9.10 Å². The Balaban J connectivity index is 1.87. The van der Waals surface area contributed by atoms with Gasteiger partial charge in [-0.05, 0) is 30.7 Å². The van der Waals surface area contributed by atoms with Gasteiger partial charge in [-0.25, -0.2) is 12.8 Å². The third-order valence-electron chi connectivity index (χ3n) is 4.44. The number of anilines is 1. The van der Waals surface area contributed by atoms with Crippen LogP contribution in [-0.2, 0) is 16.6 Å². The van der Waals surface area contributed by atoms with E-state index in [1.807, 2.05) is 0 Å². The predicted octanol–water partition coefficient (Wildman–Crippen LogP) is 3.19. The molecule has 1 saturated heterocycles. The molecule has 0 aliphatic carbocycles. The van der Waals surface area contributed by atoms with Gasteiger partial charge in [0.2, 0.25) is 10.0 Å². The van der Waals surface area contributed by atoms with Crippen LogP contribution in [0.25, 0.3) is 0 Å². The molecule has 2 aromatic rings. The number of nitrogens with zero attached hydrogens (tertiary/aromatic N) is 2. The first-order valence-corrected chi connectivity index (χ1v) is 10.3. The van der Waals surface area contributed by atoms with Crippen molar-refractivity contribution in [2.24, 2.45) is 0 Å². The fourth-order valence-corrected chi connectivity index (χ4v) is 4.67. The van der Waals surface area contributed by atoms with Gasteiger partial charge in [0, 0.05) is 30.8 Å². The summed E-state index contributed by atoms with van der Waals surface area (Å²) in [5.41, 5.74) is 1.24. The molecule has 1 heterocycles. The lowest BCUT2D eigenvalue weighted by atomic mass is 10.1. The first-order valence-electron chi connectivity index (χ1n) is 8.66. The lowest BCUT2D eigenvalue weighted by Gasteiger charge is -2.23. The molecule has 1 fully saturated rings. The highest BCUT2D eigenvalue weighted by molar-refractivity contribution is 7.93. The monoisotopic (exact) mass is 388 g/mol. The number of hydrogen-bond donors (Lipinski definition) is 0. The van der Waals surface area contributed by atoms with Crippen LogP contribution >= 0.6 is 0 Å². The summed E-state index contributed by atoms with van der Waals surface area (Å²) in [7, 11) is -3.32. The minimum Gasteiger partial charge on any atom is -0.330 e. The molecule has 0 aromatic heterocycles. The van der Waals surface area contributed by atoms with Gasteiger partial charge in [0.25, 0.3) is 5.91 Å². The van der Waals surface area contributed by atoms with Crippen LogP contribution in [0.1, 0.15) is 22.3 Å². The average Bonchev–Trinajstić information content (AvgIpc) is 3.01. The van der Waals surface area contributed by atoms with Crippen molar-refractivity contribution in [3.05, 3.63) is 78.1 Å². The van der Waals surface area contributed by atoms with E-state index in [9.17, 15) is 17.6 Å². The molecular formula is C20H21FN2O3S. The summed E-state index contributed by atoms with van der Waals surface area (Å²) in [6.45, 7) is 4.42. The van der Waals surface area contributed by atoms with Gasteiger partial charge in [-0.1, -0.05) is 30.3 Å². The normalized spacial score (nSPS) is 15.5. The van der Waals surface area contributed by atoms with Crippen LogP contribution in [0, 0.1) is 5.82 Å². The summed E-state index contributed by atoms with van der Waals surface area (Å²) in [6.07, 6.45) is 2.14. The predicted molar refractivity (Wildman–Crippen MR) is 104 cm³/mol. The van der Waals surface area contributed by atoms with E-state index in [1.165, 1.54) is 15.3 Å². The minimum atomic E-state index is -3.32. The zero-order valence-electron chi connectivity index (χ0n) is 14.8. The molecule has 3 rings (SSSR count). The molecule has 0 bridgehead atoms. The van der Waals surface area contributed by atoms with Crippen molar-refractivity contribution in [3.63, 3.8) is 0 Å². The Morgan fingerprint density at radius 3 is 2.67 bits per heavy atom. The zero-order valence-corrected chi connectivity index (χ0v) is 15.7. The second kappa shape index (κ2) is 7.92. The molecule has 0 spiro atoms. The van der Waals surface area contributed by atoms with E-state index in [0.717, 1.165) is 0 Å². The van der Waals surface area contributed by atoms with Crippen molar-refractivity contribution >= 4 is 21.6 Å². The summed E-state index contributed by atoms with van der Waals surface area (Å²) < 4.78 is 39.6.